The number of amides is 1. The molecule has 0 bridgehead atoms. The van der Waals surface area contributed by atoms with Gasteiger partial charge in [-0.15, -0.1) is 5.10 Å². The van der Waals surface area contributed by atoms with Crippen molar-refractivity contribution < 1.29 is 4.79 Å². The van der Waals surface area contributed by atoms with E-state index in [1.807, 2.05) is 24.3 Å². The van der Waals surface area contributed by atoms with Gasteiger partial charge in [0, 0.05) is 5.71 Å². The molecule has 21 heavy (non-hydrogen) atoms. The Balaban J connectivity index is 1.65. The first-order valence-corrected chi connectivity index (χ1v) is 7.37. The van der Waals surface area contributed by atoms with Crippen LogP contribution in [-0.2, 0) is 11.3 Å². The molecule has 1 aliphatic rings. The van der Waals surface area contributed by atoms with Crippen LogP contribution in [0.4, 0.5) is 0 Å². The third-order valence-corrected chi connectivity index (χ3v) is 3.93. The van der Waals surface area contributed by atoms with Crippen molar-refractivity contribution in [1.29, 1.82) is 0 Å². The summed E-state index contributed by atoms with van der Waals surface area (Å²) in [6.45, 7) is 2.29. The Labute approximate surface area is 123 Å². The summed E-state index contributed by atoms with van der Waals surface area (Å²) in [7, 11) is 0. The molecule has 1 fully saturated rings. The highest BCUT2D eigenvalue weighted by atomic mass is 16.2. The van der Waals surface area contributed by atoms with Gasteiger partial charge >= 0.3 is 0 Å². The van der Waals surface area contributed by atoms with Gasteiger partial charge in [0.05, 0.1) is 5.52 Å². The lowest BCUT2D eigenvalue weighted by atomic mass is 9.89. The van der Waals surface area contributed by atoms with Crippen LogP contribution in [0.15, 0.2) is 29.4 Å². The van der Waals surface area contributed by atoms with Gasteiger partial charge < -0.3 is 0 Å². The molecule has 1 amide bonds. The highest BCUT2D eigenvalue weighted by Crippen LogP contribution is 2.20. The molecular formula is C15H19N5O. The third kappa shape index (κ3) is 3.09. The molecular weight excluding hydrogens is 266 g/mol. The summed E-state index contributed by atoms with van der Waals surface area (Å²) in [5.74, 6) is 0.294. The fraction of sp³-hybridized carbons (Fsp3) is 0.467. The minimum atomic E-state index is -0.170. The van der Waals surface area contributed by atoms with E-state index < -0.39 is 0 Å². The van der Waals surface area contributed by atoms with Crippen molar-refractivity contribution in [2.75, 3.05) is 0 Å². The van der Waals surface area contributed by atoms with E-state index in [0.717, 1.165) is 36.0 Å². The molecule has 1 heterocycles. The van der Waals surface area contributed by atoms with Crippen LogP contribution >= 0.6 is 0 Å². The van der Waals surface area contributed by atoms with Gasteiger partial charge in [0.1, 0.15) is 12.1 Å². The topological polar surface area (TPSA) is 72.2 Å². The van der Waals surface area contributed by atoms with Crippen molar-refractivity contribution in [3.8, 4) is 0 Å². The van der Waals surface area contributed by atoms with E-state index in [1.165, 1.54) is 6.42 Å². The van der Waals surface area contributed by atoms with Crippen molar-refractivity contribution in [1.82, 2.24) is 20.4 Å². The smallest absolute Gasteiger partial charge is 0.261 e. The summed E-state index contributed by atoms with van der Waals surface area (Å²) in [6, 6.07) is 7.58. The van der Waals surface area contributed by atoms with Crippen LogP contribution < -0.4 is 5.43 Å². The van der Waals surface area contributed by atoms with Crippen molar-refractivity contribution in [3.05, 3.63) is 24.3 Å². The minimum Gasteiger partial charge on any atom is -0.271 e. The average molecular weight is 285 g/mol. The Bertz CT molecular complexity index is 676. The number of hydrazone groups is 1. The van der Waals surface area contributed by atoms with Gasteiger partial charge in [-0.3, -0.25) is 4.79 Å². The van der Waals surface area contributed by atoms with E-state index in [4.69, 9.17) is 0 Å². The van der Waals surface area contributed by atoms with E-state index in [1.54, 1.807) is 4.68 Å². The Morgan fingerprint density at radius 1 is 1.43 bits per heavy atom. The molecule has 110 valence electrons. The molecule has 2 aromatic rings. The second-order valence-electron chi connectivity index (χ2n) is 5.52. The summed E-state index contributed by atoms with van der Waals surface area (Å²) in [6.07, 6.45) is 4.54. The molecule has 0 aliphatic heterocycles. The summed E-state index contributed by atoms with van der Waals surface area (Å²) >= 11 is 0. The summed E-state index contributed by atoms with van der Waals surface area (Å²) in [5.41, 5.74) is 5.38. The largest absolute Gasteiger partial charge is 0.271 e. The second-order valence-corrected chi connectivity index (χ2v) is 5.52. The van der Waals surface area contributed by atoms with Crippen LogP contribution in [0, 0.1) is 5.92 Å². The Morgan fingerprint density at radius 3 is 3.14 bits per heavy atom. The fourth-order valence-corrected chi connectivity index (χ4v) is 2.68. The maximum atomic E-state index is 12.0. The molecule has 0 unspecified atom stereocenters. The van der Waals surface area contributed by atoms with Crippen molar-refractivity contribution in [2.24, 2.45) is 11.0 Å². The number of nitrogens with one attached hydrogen (secondary N) is 1. The van der Waals surface area contributed by atoms with Crippen LogP contribution in [0.3, 0.4) is 0 Å². The van der Waals surface area contributed by atoms with Crippen LogP contribution in [0.5, 0.6) is 0 Å². The van der Waals surface area contributed by atoms with Crippen LogP contribution in [0.2, 0.25) is 0 Å². The Hall–Kier alpha value is -2.24. The molecule has 1 saturated carbocycles. The number of rotatable bonds is 3. The lowest BCUT2D eigenvalue weighted by Gasteiger charge is -2.19. The average Bonchev–Trinajstić information content (AvgIpc) is 2.90. The van der Waals surface area contributed by atoms with E-state index in [0.29, 0.717) is 5.92 Å². The first-order chi connectivity index (χ1) is 10.2. The quantitative estimate of drug-likeness (QED) is 0.878. The highest BCUT2D eigenvalue weighted by molar-refractivity contribution is 5.88. The van der Waals surface area contributed by atoms with Crippen molar-refractivity contribution in [3.63, 3.8) is 0 Å². The predicted molar refractivity (Wildman–Crippen MR) is 80.7 cm³/mol. The zero-order valence-corrected chi connectivity index (χ0v) is 12.1. The molecule has 1 aromatic carbocycles. The van der Waals surface area contributed by atoms with Gasteiger partial charge in [0.2, 0.25) is 0 Å². The molecule has 6 heteroatoms. The van der Waals surface area contributed by atoms with Gasteiger partial charge in [0.25, 0.3) is 5.91 Å². The molecule has 0 radical (unpaired) electrons. The van der Waals surface area contributed by atoms with Crippen LogP contribution in [0.1, 0.15) is 32.6 Å². The second kappa shape index (κ2) is 6.03. The van der Waals surface area contributed by atoms with E-state index in [2.05, 4.69) is 27.8 Å². The number of carbonyl (C=O) groups is 1. The number of aromatic nitrogens is 3. The zero-order valence-electron chi connectivity index (χ0n) is 12.1. The number of benzene rings is 1. The maximum Gasteiger partial charge on any atom is 0.261 e. The third-order valence-electron chi connectivity index (χ3n) is 3.93. The standard InChI is InChI=1S/C15H19N5O/c1-11-6-2-3-7-12(11)16-18-15(21)10-20-14-9-5-4-8-13(14)17-19-20/h4-5,8-9,11H,2-3,6-7,10H2,1H3,(H,18,21)/t11-/m1/s1. The molecule has 0 saturated heterocycles. The summed E-state index contributed by atoms with van der Waals surface area (Å²) in [5, 5.41) is 12.3. The SMILES string of the molecule is C[C@@H]1CCCCC1=NNC(=O)Cn1nnc2ccccc21. The number of fused-ring (bicyclic) bond motifs is 1. The van der Waals surface area contributed by atoms with Crippen molar-refractivity contribution in [2.45, 2.75) is 39.2 Å². The summed E-state index contributed by atoms with van der Waals surface area (Å²) < 4.78 is 1.59. The molecule has 1 aliphatic carbocycles. The number of nitrogens with zero attached hydrogens (tertiary/aromatic N) is 4. The minimum absolute atomic E-state index is 0.131. The number of para-hydroxylation sites is 1. The lowest BCUT2D eigenvalue weighted by molar-refractivity contribution is -0.121. The van der Waals surface area contributed by atoms with Crippen molar-refractivity contribution >= 4 is 22.7 Å². The monoisotopic (exact) mass is 285 g/mol. The number of hydrogen-bond donors (Lipinski definition) is 1. The van der Waals surface area contributed by atoms with Crippen LogP contribution in [0.25, 0.3) is 11.0 Å². The Kier molecular flexibility index (Phi) is 3.94. The molecule has 1 atom stereocenters. The maximum absolute atomic E-state index is 12.0. The predicted octanol–water partition coefficient (Wildman–Crippen LogP) is 2.11. The normalized spacial score (nSPS) is 20.8. The Morgan fingerprint density at radius 2 is 2.29 bits per heavy atom. The van der Waals surface area contributed by atoms with E-state index in [9.17, 15) is 4.79 Å². The summed E-state index contributed by atoms with van der Waals surface area (Å²) in [4.78, 5) is 12.0. The van der Waals surface area contributed by atoms with Gasteiger partial charge in [-0.05, 0) is 37.3 Å². The fourth-order valence-electron chi connectivity index (χ4n) is 2.68. The number of hydrogen-bond acceptors (Lipinski definition) is 4. The van der Waals surface area contributed by atoms with E-state index >= 15 is 0 Å². The van der Waals surface area contributed by atoms with Gasteiger partial charge in [-0.25, -0.2) is 10.1 Å². The van der Waals surface area contributed by atoms with Gasteiger partial charge in [-0.1, -0.05) is 30.7 Å². The zero-order chi connectivity index (χ0) is 14.7. The highest BCUT2D eigenvalue weighted by Gasteiger charge is 2.16. The van der Waals surface area contributed by atoms with Gasteiger partial charge in [0.15, 0.2) is 0 Å². The first-order valence-electron chi connectivity index (χ1n) is 7.37. The van der Waals surface area contributed by atoms with Gasteiger partial charge in [-0.2, -0.15) is 5.10 Å². The molecule has 0 spiro atoms. The molecule has 6 nitrogen and oxygen atoms in total. The lowest BCUT2D eigenvalue weighted by Crippen LogP contribution is -2.27. The molecule has 1 N–H and O–H groups in total. The number of carbonyl (C=O) groups excluding carboxylic acids is 1. The molecule has 1 aromatic heterocycles. The van der Waals surface area contributed by atoms with E-state index in [-0.39, 0.29) is 12.5 Å². The first kappa shape index (κ1) is 13.7. The van der Waals surface area contributed by atoms with Crippen LogP contribution in [-0.4, -0.2) is 26.6 Å². The molecule has 3 rings (SSSR count).